The van der Waals surface area contributed by atoms with E-state index >= 15 is 0 Å². The fraction of sp³-hybridized carbons (Fsp3) is 0.478. The predicted octanol–water partition coefficient (Wildman–Crippen LogP) is 4.04. The molecule has 0 unspecified atom stereocenters. The van der Waals surface area contributed by atoms with Gasteiger partial charge in [0.1, 0.15) is 5.69 Å². The van der Waals surface area contributed by atoms with Gasteiger partial charge in [-0.3, -0.25) is 4.79 Å². The van der Waals surface area contributed by atoms with Crippen LogP contribution in [0.3, 0.4) is 0 Å². The van der Waals surface area contributed by atoms with Gasteiger partial charge in [-0.2, -0.15) is 13.2 Å². The highest BCUT2D eigenvalue weighted by Gasteiger charge is 2.49. The van der Waals surface area contributed by atoms with Gasteiger partial charge in [0.05, 0.1) is 25.4 Å². The van der Waals surface area contributed by atoms with E-state index in [1.807, 2.05) is 0 Å². The molecule has 0 saturated heterocycles. The summed E-state index contributed by atoms with van der Waals surface area (Å²) in [6, 6.07) is 5.95. The van der Waals surface area contributed by atoms with Gasteiger partial charge >= 0.3 is 6.18 Å². The summed E-state index contributed by atoms with van der Waals surface area (Å²) in [4.78, 5) is 16.1. The van der Waals surface area contributed by atoms with Crippen molar-refractivity contribution in [2.45, 2.75) is 72.5 Å². The normalized spacial score (nSPS) is 19.3. The summed E-state index contributed by atoms with van der Waals surface area (Å²) in [5.74, 6) is -1.12. The molecule has 1 N–H and O–H groups in total. The molecule has 1 fully saturated rings. The molecule has 1 aromatic carbocycles. The van der Waals surface area contributed by atoms with Crippen LogP contribution in [0.2, 0.25) is 0 Å². The fourth-order valence-electron chi connectivity index (χ4n) is 3.96. The van der Waals surface area contributed by atoms with Gasteiger partial charge in [0.2, 0.25) is 0 Å². The van der Waals surface area contributed by atoms with Crippen molar-refractivity contribution in [2.75, 3.05) is 0 Å². The van der Waals surface area contributed by atoms with Gasteiger partial charge in [-0.1, -0.05) is 6.07 Å². The van der Waals surface area contributed by atoms with Gasteiger partial charge in [0, 0.05) is 12.2 Å². The number of aromatic nitrogens is 1. The second-order valence-electron chi connectivity index (χ2n) is 9.42. The van der Waals surface area contributed by atoms with Crippen LogP contribution in [-0.4, -0.2) is 43.8 Å². The highest BCUT2D eigenvalue weighted by molar-refractivity contribution is 7.93. The van der Waals surface area contributed by atoms with Crippen LogP contribution in [-0.2, 0) is 25.9 Å². The van der Waals surface area contributed by atoms with Crippen LogP contribution in [0.15, 0.2) is 52.4 Å². The first-order chi connectivity index (χ1) is 16.0. The van der Waals surface area contributed by atoms with Crippen LogP contribution in [0.4, 0.5) is 13.2 Å². The number of halogens is 3. The van der Waals surface area contributed by atoms with E-state index in [1.165, 1.54) is 46.0 Å². The molecule has 0 spiro atoms. The zero-order valence-electron chi connectivity index (χ0n) is 19.6. The van der Waals surface area contributed by atoms with Crippen molar-refractivity contribution in [1.29, 1.82) is 0 Å². The Labute approximate surface area is 203 Å². The van der Waals surface area contributed by atoms with Gasteiger partial charge in [-0.25, -0.2) is 21.8 Å². The largest absolute Gasteiger partial charge is 0.416 e. The lowest BCUT2D eigenvalue weighted by Gasteiger charge is -2.45. The molecule has 0 radical (unpaired) electrons. The van der Waals surface area contributed by atoms with E-state index in [4.69, 9.17) is 0 Å². The summed E-state index contributed by atoms with van der Waals surface area (Å²) >= 11 is 0. The Bertz CT molecular complexity index is 1330. The maximum absolute atomic E-state index is 13.2. The maximum atomic E-state index is 13.2. The van der Waals surface area contributed by atoms with Crippen molar-refractivity contribution < 1.29 is 34.8 Å². The Balaban J connectivity index is 1.75. The standard InChI is InChI=1S/C23H27F3N2O5S2/c1-14(2)34(30,31)19-9-6-10-27-20(19)21(29)28-17-11-16(12-17)22(3,4)35(32,33)18-8-5-7-15(13-18)23(24,25)26/h5-10,13-14,16-17H,11-12H2,1-4H3,(H,28,29). The number of pyridine rings is 1. The van der Waals surface area contributed by atoms with Crippen molar-refractivity contribution in [3.8, 4) is 0 Å². The number of amides is 1. The van der Waals surface area contributed by atoms with E-state index in [0.717, 1.165) is 18.2 Å². The van der Waals surface area contributed by atoms with E-state index in [1.54, 1.807) is 0 Å². The van der Waals surface area contributed by atoms with Crippen LogP contribution in [0, 0.1) is 5.92 Å². The zero-order valence-corrected chi connectivity index (χ0v) is 21.3. The number of rotatable bonds is 7. The maximum Gasteiger partial charge on any atom is 0.416 e. The molecule has 1 aliphatic carbocycles. The smallest absolute Gasteiger partial charge is 0.348 e. The Morgan fingerprint density at radius 1 is 1.06 bits per heavy atom. The minimum absolute atomic E-state index is 0.184. The average molecular weight is 533 g/mol. The van der Waals surface area contributed by atoms with E-state index in [0.29, 0.717) is 6.07 Å². The molecule has 1 saturated carbocycles. The molecule has 1 amide bonds. The molecule has 1 aromatic heterocycles. The van der Waals surface area contributed by atoms with Crippen LogP contribution in [0.5, 0.6) is 0 Å². The monoisotopic (exact) mass is 532 g/mol. The SMILES string of the molecule is CC(C)S(=O)(=O)c1cccnc1C(=O)NC1CC(C(C)(C)S(=O)(=O)c2cccc(C(F)(F)F)c2)C1. The number of hydrogen-bond acceptors (Lipinski definition) is 6. The van der Waals surface area contributed by atoms with Crippen LogP contribution in [0.25, 0.3) is 0 Å². The molecule has 3 rings (SSSR count). The third-order valence-electron chi connectivity index (χ3n) is 6.53. The molecule has 0 atom stereocenters. The minimum Gasteiger partial charge on any atom is -0.348 e. The first-order valence-electron chi connectivity index (χ1n) is 10.9. The third kappa shape index (κ3) is 5.09. The van der Waals surface area contributed by atoms with Crippen LogP contribution < -0.4 is 5.32 Å². The predicted molar refractivity (Wildman–Crippen MR) is 123 cm³/mol. The van der Waals surface area contributed by atoms with E-state index in [9.17, 15) is 34.8 Å². The Morgan fingerprint density at radius 3 is 2.26 bits per heavy atom. The highest BCUT2D eigenvalue weighted by atomic mass is 32.2. The van der Waals surface area contributed by atoms with Crippen molar-refractivity contribution in [2.24, 2.45) is 5.92 Å². The van der Waals surface area contributed by atoms with Crippen molar-refractivity contribution >= 4 is 25.6 Å². The van der Waals surface area contributed by atoms with Gasteiger partial charge in [-0.05, 0) is 76.8 Å². The summed E-state index contributed by atoms with van der Waals surface area (Å²) in [5.41, 5.74) is -1.28. The number of nitrogens with zero attached hydrogens (tertiary/aromatic N) is 1. The summed E-state index contributed by atoms with van der Waals surface area (Å²) < 4.78 is 89.4. The second-order valence-corrected chi connectivity index (χ2v) is 14.4. The molecular weight excluding hydrogens is 505 g/mol. The average Bonchev–Trinajstić information content (AvgIpc) is 2.74. The topological polar surface area (TPSA) is 110 Å². The molecule has 12 heteroatoms. The minimum atomic E-state index is -4.67. The van der Waals surface area contributed by atoms with E-state index < -0.39 is 64.2 Å². The van der Waals surface area contributed by atoms with Crippen molar-refractivity contribution in [3.63, 3.8) is 0 Å². The highest BCUT2D eigenvalue weighted by Crippen LogP contribution is 2.44. The Kier molecular flexibility index (Phi) is 7.13. The molecule has 2 aromatic rings. The quantitative estimate of drug-likeness (QED) is 0.576. The van der Waals surface area contributed by atoms with Crippen molar-refractivity contribution in [3.05, 3.63) is 53.9 Å². The number of carbonyl (C=O) groups excluding carboxylic acids is 1. The molecular formula is C23H27F3N2O5S2. The molecule has 7 nitrogen and oxygen atoms in total. The van der Waals surface area contributed by atoms with Crippen molar-refractivity contribution in [1.82, 2.24) is 10.3 Å². The van der Waals surface area contributed by atoms with Gasteiger partial charge in [0.25, 0.3) is 5.91 Å². The molecule has 35 heavy (non-hydrogen) atoms. The van der Waals surface area contributed by atoms with Gasteiger partial charge in [-0.15, -0.1) is 0 Å². The molecule has 1 aliphatic rings. The number of carbonyl (C=O) groups is 1. The second kappa shape index (κ2) is 9.20. The summed E-state index contributed by atoms with van der Waals surface area (Å²) in [6.07, 6.45) is -2.84. The molecule has 0 aliphatic heterocycles. The van der Waals surface area contributed by atoms with Gasteiger partial charge < -0.3 is 5.32 Å². The van der Waals surface area contributed by atoms with E-state index in [2.05, 4.69) is 10.3 Å². The molecule has 1 heterocycles. The lowest BCUT2D eigenvalue weighted by atomic mass is 9.73. The van der Waals surface area contributed by atoms with Gasteiger partial charge in [0.15, 0.2) is 19.7 Å². The number of hydrogen-bond donors (Lipinski definition) is 1. The third-order valence-corrected chi connectivity index (χ3v) is 11.3. The number of benzene rings is 1. The van der Waals surface area contributed by atoms with E-state index in [-0.39, 0.29) is 23.4 Å². The summed E-state index contributed by atoms with van der Waals surface area (Å²) in [5, 5.41) is 1.94. The zero-order chi connectivity index (χ0) is 26.4. The Morgan fingerprint density at radius 2 is 1.69 bits per heavy atom. The number of alkyl halides is 3. The van der Waals surface area contributed by atoms with Crippen LogP contribution in [0.1, 0.15) is 56.6 Å². The molecule has 0 bridgehead atoms. The lowest BCUT2D eigenvalue weighted by molar-refractivity contribution is -0.137. The first kappa shape index (κ1) is 27.1. The molecule has 192 valence electrons. The Hall–Kier alpha value is -2.47. The number of nitrogens with one attached hydrogen (secondary N) is 1. The number of sulfone groups is 2. The summed E-state index contributed by atoms with van der Waals surface area (Å²) in [7, 11) is -7.88. The first-order valence-corrected chi connectivity index (χ1v) is 13.9. The fourth-order valence-corrected chi connectivity index (χ4v) is 6.93. The van der Waals surface area contributed by atoms with Crippen LogP contribution >= 0.6 is 0 Å². The lowest BCUT2D eigenvalue weighted by Crippen LogP contribution is -2.53. The summed E-state index contributed by atoms with van der Waals surface area (Å²) in [6.45, 7) is 5.90.